The molecule has 0 saturated carbocycles. The summed E-state index contributed by atoms with van der Waals surface area (Å²) >= 11 is 6.20. The van der Waals surface area contributed by atoms with Gasteiger partial charge >= 0.3 is 6.18 Å². The number of hydrogen-bond acceptors (Lipinski definition) is 6. The molecular weight excluding hydrogens is 468 g/mol. The average molecular weight is 481 g/mol. The smallest absolute Gasteiger partial charge is 0.324 e. The Kier molecular flexibility index (Phi) is 4.64. The van der Waals surface area contributed by atoms with Crippen LogP contribution < -0.4 is 5.32 Å². The minimum atomic E-state index is -4.73. The van der Waals surface area contributed by atoms with Gasteiger partial charge in [0, 0.05) is 17.8 Å². The maximum Gasteiger partial charge on any atom is 0.399 e. The van der Waals surface area contributed by atoms with Gasteiger partial charge in [0.25, 0.3) is 0 Å². The summed E-state index contributed by atoms with van der Waals surface area (Å²) in [5.41, 5.74) is -2.67. The van der Waals surface area contributed by atoms with Crippen LogP contribution in [0.5, 0.6) is 0 Å². The van der Waals surface area contributed by atoms with Crippen LogP contribution in [0.3, 0.4) is 0 Å². The van der Waals surface area contributed by atoms with Crippen molar-refractivity contribution in [2.24, 2.45) is 0 Å². The molecule has 1 aliphatic rings. The maximum absolute atomic E-state index is 14.1. The minimum absolute atomic E-state index is 0.0133. The predicted octanol–water partition coefficient (Wildman–Crippen LogP) is 3.44. The lowest BCUT2D eigenvalue weighted by Gasteiger charge is -2.28. The Morgan fingerprint density at radius 3 is 2.61 bits per heavy atom. The number of carbonyl (C=O) groups is 1. The fraction of sp³-hybridized carbons (Fsp3) is 0.263. The van der Waals surface area contributed by atoms with Crippen molar-refractivity contribution in [1.82, 2.24) is 34.6 Å². The Hall–Kier alpha value is -3.61. The third-order valence-corrected chi connectivity index (χ3v) is 5.91. The van der Waals surface area contributed by atoms with Crippen molar-refractivity contribution in [1.29, 1.82) is 0 Å². The molecule has 4 aromatic rings. The number of hydrogen-bond donors (Lipinski definition) is 1. The number of amides is 1. The second-order valence-corrected chi connectivity index (χ2v) is 8.13. The molecule has 0 saturated heterocycles. The molecule has 0 aliphatic heterocycles. The molecule has 0 fully saturated rings. The van der Waals surface area contributed by atoms with E-state index in [0.717, 1.165) is 23.7 Å². The van der Waals surface area contributed by atoms with Gasteiger partial charge in [-0.2, -0.15) is 27.8 Å². The molecule has 1 N–H and O–H groups in total. The van der Waals surface area contributed by atoms with E-state index >= 15 is 0 Å². The topological polar surface area (TPSA) is 103 Å². The first-order chi connectivity index (χ1) is 15.6. The molecule has 0 radical (unpaired) electrons. The minimum Gasteiger partial charge on any atom is -0.324 e. The van der Waals surface area contributed by atoms with Crippen molar-refractivity contribution < 1.29 is 22.4 Å². The van der Waals surface area contributed by atoms with E-state index < -0.39 is 35.8 Å². The first kappa shape index (κ1) is 21.2. The van der Waals surface area contributed by atoms with Crippen LogP contribution in [-0.2, 0) is 10.2 Å². The van der Waals surface area contributed by atoms with E-state index in [1.165, 1.54) is 29.5 Å². The molecule has 4 heterocycles. The fourth-order valence-corrected chi connectivity index (χ4v) is 4.27. The van der Waals surface area contributed by atoms with Gasteiger partial charge in [-0.15, -0.1) is 9.90 Å². The highest BCUT2D eigenvalue weighted by atomic mass is 35.5. The number of halogens is 5. The Morgan fingerprint density at radius 2 is 1.94 bits per heavy atom. The number of aromatic nitrogens is 7. The molecule has 0 spiro atoms. The van der Waals surface area contributed by atoms with Crippen LogP contribution in [-0.4, -0.2) is 46.7 Å². The van der Waals surface area contributed by atoms with E-state index in [2.05, 4.69) is 30.6 Å². The van der Waals surface area contributed by atoms with E-state index in [4.69, 9.17) is 11.6 Å². The number of rotatable bonds is 3. The average Bonchev–Trinajstić information content (AvgIpc) is 3.45. The lowest BCUT2D eigenvalue weighted by Crippen LogP contribution is -2.39. The van der Waals surface area contributed by atoms with Crippen LogP contribution in [0.4, 0.5) is 23.2 Å². The summed E-state index contributed by atoms with van der Waals surface area (Å²) in [4.78, 5) is 22.3. The van der Waals surface area contributed by atoms with E-state index in [-0.39, 0.29) is 33.4 Å². The quantitative estimate of drug-likeness (QED) is 0.451. The molecule has 9 nitrogen and oxygen atoms in total. The number of pyridine rings is 1. The molecule has 33 heavy (non-hydrogen) atoms. The molecule has 0 bridgehead atoms. The van der Waals surface area contributed by atoms with Crippen LogP contribution in [0, 0.1) is 5.95 Å². The summed E-state index contributed by atoms with van der Waals surface area (Å²) in [7, 11) is 0. The lowest BCUT2D eigenvalue weighted by atomic mass is 9.85. The third-order valence-electron chi connectivity index (χ3n) is 5.63. The molecule has 0 aromatic carbocycles. The van der Waals surface area contributed by atoms with Crippen molar-refractivity contribution in [3.63, 3.8) is 0 Å². The van der Waals surface area contributed by atoms with Gasteiger partial charge in [0.1, 0.15) is 5.41 Å². The largest absolute Gasteiger partial charge is 0.399 e. The number of anilines is 1. The van der Waals surface area contributed by atoms with E-state index in [1.54, 1.807) is 0 Å². The number of fused-ring (bicyclic) bond motifs is 3. The summed E-state index contributed by atoms with van der Waals surface area (Å²) < 4.78 is 56.9. The van der Waals surface area contributed by atoms with Crippen LogP contribution in [0.2, 0.25) is 5.02 Å². The van der Waals surface area contributed by atoms with Crippen LogP contribution >= 0.6 is 11.6 Å². The first-order valence-corrected chi connectivity index (χ1v) is 9.91. The SMILES string of the molecule is C[C@@]1(C(F)(F)F)C[C@@H](C(=O)Nc2cnc(-n3nccn3)c(Cl)c2)c2cnc3cc(F)nn3c21. The second kappa shape index (κ2) is 7.20. The van der Waals surface area contributed by atoms with Crippen molar-refractivity contribution in [3.05, 3.63) is 59.1 Å². The van der Waals surface area contributed by atoms with E-state index in [1.807, 2.05) is 0 Å². The highest BCUT2D eigenvalue weighted by Gasteiger charge is 2.60. The molecule has 2 atom stereocenters. The van der Waals surface area contributed by atoms with Crippen LogP contribution in [0.1, 0.15) is 30.5 Å². The zero-order chi connectivity index (χ0) is 23.5. The Labute approximate surface area is 187 Å². The molecule has 1 aliphatic carbocycles. The summed E-state index contributed by atoms with van der Waals surface area (Å²) in [5.74, 6) is -2.70. The van der Waals surface area contributed by atoms with Crippen molar-refractivity contribution in [3.8, 4) is 5.82 Å². The van der Waals surface area contributed by atoms with Gasteiger partial charge in [-0.3, -0.25) is 4.79 Å². The van der Waals surface area contributed by atoms with Gasteiger partial charge < -0.3 is 5.32 Å². The third kappa shape index (κ3) is 3.30. The summed E-state index contributed by atoms with van der Waals surface area (Å²) in [6, 6.07) is 2.31. The molecule has 0 unspecified atom stereocenters. The Balaban J connectivity index is 1.51. The number of nitrogens with zero attached hydrogens (tertiary/aromatic N) is 7. The Bertz CT molecular complexity index is 1390. The van der Waals surface area contributed by atoms with Crippen molar-refractivity contribution in [2.45, 2.75) is 30.9 Å². The van der Waals surface area contributed by atoms with Gasteiger partial charge in [-0.05, 0) is 19.4 Å². The van der Waals surface area contributed by atoms with E-state index in [0.29, 0.717) is 0 Å². The molecule has 170 valence electrons. The van der Waals surface area contributed by atoms with Gasteiger partial charge in [0.05, 0.1) is 40.9 Å². The van der Waals surface area contributed by atoms with Crippen molar-refractivity contribution >= 4 is 28.8 Å². The zero-order valence-corrected chi connectivity index (χ0v) is 17.4. The molecule has 5 rings (SSSR count). The van der Waals surface area contributed by atoms with Gasteiger partial charge in [-0.25, -0.2) is 14.5 Å². The monoisotopic (exact) mass is 480 g/mol. The predicted molar refractivity (Wildman–Crippen MR) is 107 cm³/mol. The highest BCUT2D eigenvalue weighted by molar-refractivity contribution is 6.32. The molecule has 1 amide bonds. The number of alkyl halides is 3. The zero-order valence-electron chi connectivity index (χ0n) is 16.7. The van der Waals surface area contributed by atoms with Gasteiger partial charge in [0.15, 0.2) is 11.5 Å². The summed E-state index contributed by atoms with van der Waals surface area (Å²) in [5, 5.41) is 14.0. The number of carbonyl (C=O) groups excluding carboxylic acids is 1. The second-order valence-electron chi connectivity index (χ2n) is 7.72. The molecule has 4 aromatic heterocycles. The molecule has 14 heteroatoms. The van der Waals surface area contributed by atoms with Gasteiger partial charge in [0.2, 0.25) is 11.9 Å². The Morgan fingerprint density at radius 1 is 1.21 bits per heavy atom. The standard InChI is InChI=1S/C19H13ClF4N8O/c1-18(19(22,23)24)6-10(11-8-25-14-5-13(21)30-31(14)15(11)18)17(33)29-9-4-12(20)16(26-7-9)32-27-2-3-28-32/h2-5,7-8,10H,6H2,1H3,(H,29,33)/t10-,18-/m1/s1. The summed E-state index contributed by atoms with van der Waals surface area (Å²) in [6.45, 7) is 0.961. The van der Waals surface area contributed by atoms with Crippen molar-refractivity contribution in [2.75, 3.05) is 5.32 Å². The number of nitrogens with one attached hydrogen (secondary N) is 1. The maximum atomic E-state index is 14.1. The van der Waals surface area contributed by atoms with Crippen LogP contribution in [0.25, 0.3) is 11.5 Å². The van der Waals surface area contributed by atoms with Gasteiger partial charge in [-0.1, -0.05) is 11.6 Å². The highest BCUT2D eigenvalue weighted by Crippen LogP contribution is 2.54. The fourth-order valence-electron chi connectivity index (χ4n) is 4.03. The van der Waals surface area contributed by atoms with Crippen LogP contribution in [0.15, 0.2) is 36.9 Å². The normalized spacial score (nSPS) is 20.2. The lowest BCUT2D eigenvalue weighted by molar-refractivity contribution is -0.187. The first-order valence-electron chi connectivity index (χ1n) is 9.53. The molecular formula is C19H13ClF4N8O. The summed E-state index contributed by atoms with van der Waals surface area (Å²) in [6.07, 6.45) is -0.0256. The van der Waals surface area contributed by atoms with E-state index in [9.17, 15) is 22.4 Å².